The van der Waals surface area contributed by atoms with Gasteiger partial charge in [-0.2, -0.15) is 0 Å². The molecule has 2 saturated heterocycles. The van der Waals surface area contributed by atoms with Crippen LogP contribution in [0.3, 0.4) is 0 Å². The summed E-state index contributed by atoms with van der Waals surface area (Å²) >= 11 is 0. The molecule has 1 aromatic carbocycles. The number of likely N-dealkylation sites (tertiary alicyclic amines) is 1. The normalized spacial score (nSPS) is 23.2. The number of aryl methyl sites for hydroxylation is 1. The molecule has 26 heavy (non-hydrogen) atoms. The molecule has 2 fully saturated rings. The molecule has 1 aromatic rings. The summed E-state index contributed by atoms with van der Waals surface area (Å²) in [5.41, 5.74) is 1.88. The van der Waals surface area contributed by atoms with Gasteiger partial charge in [0.15, 0.2) is 0 Å². The van der Waals surface area contributed by atoms with E-state index in [2.05, 4.69) is 17.3 Å². The van der Waals surface area contributed by atoms with E-state index in [-0.39, 0.29) is 11.9 Å². The first-order valence-electron chi connectivity index (χ1n) is 9.55. The lowest BCUT2D eigenvalue weighted by Crippen LogP contribution is -2.44. The minimum absolute atomic E-state index is 0.0164. The average molecular weight is 358 g/mol. The molecule has 5 nitrogen and oxygen atoms in total. The molecule has 2 aliphatic heterocycles. The molecule has 2 aliphatic rings. The molecular weight excluding hydrogens is 327 g/mol. The third kappa shape index (κ3) is 3.82. The lowest BCUT2D eigenvalue weighted by atomic mass is 9.75. The van der Waals surface area contributed by atoms with Crippen LogP contribution in [0, 0.1) is 6.92 Å². The smallest absolute Gasteiger partial charge is 0.399 e. The maximum Gasteiger partial charge on any atom is 0.495 e. The number of carbonyl (C=O) groups excluding carboxylic acids is 1. The van der Waals surface area contributed by atoms with Crippen LogP contribution >= 0.6 is 0 Å². The highest BCUT2D eigenvalue weighted by Gasteiger charge is 2.52. The van der Waals surface area contributed by atoms with E-state index in [1.165, 1.54) is 0 Å². The Morgan fingerprint density at radius 2 is 1.73 bits per heavy atom. The summed E-state index contributed by atoms with van der Waals surface area (Å²) in [6.45, 7) is 12.2. The minimum atomic E-state index is -0.448. The molecular formula is C20H31BN2O3. The molecule has 0 unspecified atom stereocenters. The molecule has 0 aliphatic carbocycles. The second-order valence-corrected chi connectivity index (χ2v) is 8.71. The Morgan fingerprint density at radius 3 is 2.31 bits per heavy atom. The van der Waals surface area contributed by atoms with Crippen molar-refractivity contribution in [2.45, 2.75) is 64.7 Å². The third-order valence-corrected chi connectivity index (χ3v) is 6.10. The van der Waals surface area contributed by atoms with Gasteiger partial charge in [0.2, 0.25) is 0 Å². The van der Waals surface area contributed by atoms with Crippen LogP contribution in [0.15, 0.2) is 18.2 Å². The van der Waals surface area contributed by atoms with Crippen LogP contribution in [0.4, 0.5) is 0 Å². The average Bonchev–Trinajstić information content (AvgIpc) is 2.77. The number of amides is 1. The first-order valence-corrected chi connectivity index (χ1v) is 9.55. The van der Waals surface area contributed by atoms with Crippen molar-refractivity contribution in [1.29, 1.82) is 0 Å². The van der Waals surface area contributed by atoms with E-state index in [0.717, 1.165) is 37.0 Å². The Labute approximate surface area is 157 Å². The molecule has 142 valence electrons. The highest BCUT2D eigenvalue weighted by atomic mass is 16.7. The van der Waals surface area contributed by atoms with Gasteiger partial charge >= 0.3 is 7.12 Å². The van der Waals surface area contributed by atoms with Gasteiger partial charge in [-0.15, -0.1) is 0 Å². The van der Waals surface area contributed by atoms with Gasteiger partial charge in [0.1, 0.15) is 0 Å². The fraction of sp³-hybridized carbons (Fsp3) is 0.650. The minimum Gasteiger partial charge on any atom is -0.399 e. The highest BCUT2D eigenvalue weighted by Crippen LogP contribution is 2.36. The zero-order valence-corrected chi connectivity index (χ0v) is 16.9. The number of nitrogens with one attached hydrogen (secondary N) is 1. The van der Waals surface area contributed by atoms with Crippen LogP contribution in [0.5, 0.6) is 0 Å². The molecule has 6 heteroatoms. The molecule has 0 bridgehead atoms. The lowest BCUT2D eigenvalue weighted by molar-refractivity contribution is 0.00578. The van der Waals surface area contributed by atoms with E-state index < -0.39 is 18.3 Å². The summed E-state index contributed by atoms with van der Waals surface area (Å²) in [5, 5.41) is 3.18. The molecule has 0 spiro atoms. The van der Waals surface area contributed by atoms with Gasteiger partial charge in [-0.25, -0.2) is 0 Å². The maximum absolute atomic E-state index is 12.7. The zero-order chi connectivity index (χ0) is 19.1. The molecule has 0 aromatic heterocycles. The quantitative estimate of drug-likeness (QED) is 0.841. The standard InChI is InChI=1S/C20H31BN2O3/c1-14-7-8-15(18(24)22-16-9-11-23(6)12-10-16)13-17(14)21-25-19(2,3)20(4,5)26-21/h7-8,13,16H,9-12H2,1-6H3,(H,22,24). The molecule has 3 rings (SSSR count). The Morgan fingerprint density at radius 1 is 1.15 bits per heavy atom. The largest absolute Gasteiger partial charge is 0.495 e. The first-order chi connectivity index (χ1) is 12.1. The number of piperidine rings is 1. The summed E-state index contributed by atoms with van der Waals surface area (Å²) in [5.74, 6) is -0.0164. The zero-order valence-electron chi connectivity index (χ0n) is 16.9. The van der Waals surface area contributed by atoms with Gasteiger partial charge in [-0.3, -0.25) is 4.79 Å². The molecule has 1 amide bonds. The number of carbonyl (C=O) groups is 1. The summed E-state index contributed by atoms with van der Waals surface area (Å²) in [4.78, 5) is 15.0. The van der Waals surface area contributed by atoms with E-state index in [0.29, 0.717) is 5.56 Å². The van der Waals surface area contributed by atoms with Crippen molar-refractivity contribution in [3.63, 3.8) is 0 Å². The predicted octanol–water partition coefficient (Wildman–Crippen LogP) is 2.12. The van der Waals surface area contributed by atoms with Gasteiger partial charge in [0.25, 0.3) is 5.91 Å². The Hall–Kier alpha value is -1.37. The van der Waals surface area contributed by atoms with Crippen LogP contribution in [-0.4, -0.2) is 55.3 Å². The van der Waals surface area contributed by atoms with Crippen molar-refractivity contribution in [3.8, 4) is 0 Å². The summed E-state index contributed by atoms with van der Waals surface area (Å²) < 4.78 is 12.3. The van der Waals surface area contributed by atoms with E-state index in [1.807, 2.05) is 52.8 Å². The van der Waals surface area contributed by atoms with Gasteiger partial charge in [0, 0.05) is 11.6 Å². The number of benzene rings is 1. The van der Waals surface area contributed by atoms with Crippen molar-refractivity contribution in [1.82, 2.24) is 10.2 Å². The summed E-state index contributed by atoms with van der Waals surface area (Å²) in [6.07, 6.45) is 2.00. The lowest BCUT2D eigenvalue weighted by Gasteiger charge is -2.32. The van der Waals surface area contributed by atoms with Crippen LogP contribution in [0.1, 0.15) is 56.5 Å². The molecule has 1 N–H and O–H groups in total. The maximum atomic E-state index is 12.7. The van der Waals surface area contributed by atoms with Crippen LogP contribution < -0.4 is 10.8 Å². The van der Waals surface area contributed by atoms with Crippen LogP contribution in [-0.2, 0) is 9.31 Å². The predicted molar refractivity (Wildman–Crippen MR) is 105 cm³/mol. The van der Waals surface area contributed by atoms with Crippen LogP contribution in [0.2, 0.25) is 0 Å². The van der Waals surface area contributed by atoms with Crippen molar-refractivity contribution >= 4 is 18.5 Å². The van der Waals surface area contributed by atoms with Gasteiger partial charge < -0.3 is 19.5 Å². The fourth-order valence-corrected chi connectivity index (χ4v) is 3.43. The fourth-order valence-electron chi connectivity index (χ4n) is 3.43. The van der Waals surface area contributed by atoms with Crippen molar-refractivity contribution in [2.24, 2.45) is 0 Å². The van der Waals surface area contributed by atoms with Crippen molar-refractivity contribution in [2.75, 3.05) is 20.1 Å². The molecule has 2 heterocycles. The number of rotatable bonds is 3. The molecule has 0 radical (unpaired) electrons. The highest BCUT2D eigenvalue weighted by molar-refractivity contribution is 6.62. The molecule has 0 atom stereocenters. The van der Waals surface area contributed by atoms with Gasteiger partial charge in [-0.1, -0.05) is 11.6 Å². The topological polar surface area (TPSA) is 50.8 Å². The Balaban J connectivity index is 1.75. The van der Waals surface area contributed by atoms with E-state index in [9.17, 15) is 4.79 Å². The number of hydrogen-bond donors (Lipinski definition) is 1. The van der Waals surface area contributed by atoms with Crippen LogP contribution in [0.25, 0.3) is 0 Å². The Bertz CT molecular complexity index is 666. The number of hydrogen-bond acceptors (Lipinski definition) is 4. The van der Waals surface area contributed by atoms with Gasteiger partial charge in [-0.05, 0) is 85.2 Å². The van der Waals surface area contributed by atoms with Crippen molar-refractivity contribution < 1.29 is 14.1 Å². The van der Waals surface area contributed by atoms with Crippen molar-refractivity contribution in [3.05, 3.63) is 29.3 Å². The Kier molecular flexibility index (Phi) is 5.21. The summed E-state index contributed by atoms with van der Waals surface area (Å²) in [6, 6.07) is 6.03. The van der Waals surface area contributed by atoms with E-state index in [1.54, 1.807) is 0 Å². The second kappa shape index (κ2) is 6.99. The first kappa shape index (κ1) is 19.4. The third-order valence-electron chi connectivity index (χ3n) is 6.10. The summed E-state index contributed by atoms with van der Waals surface area (Å²) in [7, 11) is 1.67. The van der Waals surface area contributed by atoms with E-state index in [4.69, 9.17) is 9.31 Å². The SMILES string of the molecule is Cc1ccc(C(=O)NC2CCN(C)CC2)cc1B1OC(C)(C)C(C)(C)O1. The number of nitrogens with zero attached hydrogens (tertiary/aromatic N) is 1. The van der Waals surface area contributed by atoms with E-state index >= 15 is 0 Å². The van der Waals surface area contributed by atoms with Gasteiger partial charge in [0.05, 0.1) is 11.2 Å². The second-order valence-electron chi connectivity index (χ2n) is 8.71. The monoisotopic (exact) mass is 358 g/mol. The molecule has 0 saturated carbocycles.